The molecule has 3 aliphatic heterocycles. The highest BCUT2D eigenvalue weighted by atomic mass is 32.2. The molecular formula is C16H16N6O2S2. The molecule has 0 spiro atoms. The van der Waals surface area contributed by atoms with Crippen molar-refractivity contribution in [3.63, 3.8) is 0 Å². The SMILES string of the molecule is Cc1nnc2n1N1C(=CSC1c1ccc(N3CCCC3)c([N+](=O)[O-])c1)S2. The quantitative estimate of drug-likeness (QED) is 0.585. The Kier molecular flexibility index (Phi) is 3.64. The molecule has 1 unspecified atom stereocenters. The van der Waals surface area contributed by atoms with Crippen LogP contribution in [0.15, 0.2) is 33.8 Å². The Morgan fingerprint density at radius 1 is 1.27 bits per heavy atom. The molecule has 1 aromatic heterocycles. The van der Waals surface area contributed by atoms with E-state index in [0.717, 1.165) is 53.2 Å². The van der Waals surface area contributed by atoms with Crippen molar-refractivity contribution >= 4 is 34.9 Å². The van der Waals surface area contributed by atoms with Crippen LogP contribution in [0.1, 0.15) is 29.6 Å². The van der Waals surface area contributed by atoms with E-state index in [1.165, 1.54) is 0 Å². The molecule has 0 amide bonds. The molecule has 10 heteroatoms. The minimum Gasteiger partial charge on any atom is -0.366 e. The Balaban J connectivity index is 1.54. The molecule has 8 nitrogen and oxygen atoms in total. The summed E-state index contributed by atoms with van der Waals surface area (Å²) in [5.41, 5.74) is 1.83. The fourth-order valence-corrected chi connectivity index (χ4v) is 5.92. The lowest BCUT2D eigenvalue weighted by molar-refractivity contribution is -0.384. The number of hydrogen-bond acceptors (Lipinski definition) is 8. The van der Waals surface area contributed by atoms with Crippen molar-refractivity contribution in [1.29, 1.82) is 0 Å². The van der Waals surface area contributed by atoms with Crippen molar-refractivity contribution in [3.8, 4) is 0 Å². The molecule has 26 heavy (non-hydrogen) atoms. The molecule has 1 fully saturated rings. The van der Waals surface area contributed by atoms with E-state index < -0.39 is 0 Å². The maximum atomic E-state index is 11.7. The molecule has 134 valence electrons. The summed E-state index contributed by atoms with van der Waals surface area (Å²) in [4.78, 5) is 13.5. The number of hydrogen-bond donors (Lipinski definition) is 0. The van der Waals surface area contributed by atoms with Crippen molar-refractivity contribution in [3.05, 3.63) is 50.1 Å². The Hall–Kier alpha value is -2.20. The van der Waals surface area contributed by atoms with Crippen LogP contribution in [0.5, 0.6) is 0 Å². The van der Waals surface area contributed by atoms with E-state index in [1.54, 1.807) is 29.6 Å². The lowest BCUT2D eigenvalue weighted by Gasteiger charge is -2.26. The van der Waals surface area contributed by atoms with Crippen molar-refractivity contribution in [2.45, 2.75) is 30.3 Å². The summed E-state index contributed by atoms with van der Waals surface area (Å²) in [7, 11) is 0. The highest BCUT2D eigenvalue weighted by Gasteiger charge is 2.39. The monoisotopic (exact) mass is 388 g/mol. The smallest absolute Gasteiger partial charge is 0.292 e. The van der Waals surface area contributed by atoms with Gasteiger partial charge in [0.25, 0.3) is 5.69 Å². The Bertz CT molecular complexity index is 937. The molecule has 3 aliphatic rings. The van der Waals surface area contributed by atoms with Crippen LogP contribution >= 0.6 is 23.5 Å². The predicted octanol–water partition coefficient (Wildman–Crippen LogP) is 3.38. The van der Waals surface area contributed by atoms with Gasteiger partial charge in [-0.05, 0) is 43.2 Å². The van der Waals surface area contributed by atoms with Crippen molar-refractivity contribution < 1.29 is 4.92 Å². The highest BCUT2D eigenvalue weighted by Crippen LogP contribution is 2.51. The van der Waals surface area contributed by atoms with Gasteiger partial charge in [0.1, 0.15) is 16.1 Å². The molecule has 0 N–H and O–H groups in total. The van der Waals surface area contributed by atoms with Crippen molar-refractivity contribution in [2.24, 2.45) is 0 Å². The van der Waals surface area contributed by atoms with E-state index in [2.05, 4.69) is 25.5 Å². The summed E-state index contributed by atoms with van der Waals surface area (Å²) >= 11 is 3.23. The summed E-state index contributed by atoms with van der Waals surface area (Å²) in [5, 5.41) is 26.1. The molecule has 5 rings (SSSR count). The van der Waals surface area contributed by atoms with Crippen LogP contribution in [-0.4, -0.2) is 32.9 Å². The van der Waals surface area contributed by atoms with Crippen LogP contribution in [-0.2, 0) is 0 Å². The second kappa shape index (κ2) is 5.92. The maximum Gasteiger partial charge on any atom is 0.292 e. The van der Waals surface area contributed by atoms with Crippen LogP contribution in [0.3, 0.4) is 0 Å². The normalized spacial score (nSPS) is 21.1. The molecule has 1 atom stereocenters. The number of aryl methyl sites for hydroxylation is 1. The zero-order chi connectivity index (χ0) is 17.8. The van der Waals surface area contributed by atoms with Gasteiger partial charge in [0.2, 0.25) is 5.16 Å². The first-order valence-corrected chi connectivity index (χ1v) is 10.2. The van der Waals surface area contributed by atoms with Gasteiger partial charge in [-0.1, -0.05) is 17.8 Å². The van der Waals surface area contributed by atoms with Gasteiger partial charge in [-0.25, -0.2) is 4.68 Å². The van der Waals surface area contributed by atoms with E-state index in [-0.39, 0.29) is 16.0 Å². The van der Waals surface area contributed by atoms with Gasteiger partial charge in [-0.3, -0.25) is 15.1 Å². The Labute approximate surface area is 158 Å². The zero-order valence-electron chi connectivity index (χ0n) is 14.0. The van der Waals surface area contributed by atoms with Crippen molar-refractivity contribution in [2.75, 3.05) is 23.0 Å². The minimum absolute atomic E-state index is 0.0558. The summed E-state index contributed by atoms with van der Waals surface area (Å²) in [6, 6.07) is 5.64. The van der Waals surface area contributed by atoms with Gasteiger partial charge in [0.05, 0.1) is 4.92 Å². The second-order valence-corrected chi connectivity index (χ2v) is 8.37. The fraction of sp³-hybridized carbons (Fsp3) is 0.375. The van der Waals surface area contributed by atoms with E-state index >= 15 is 0 Å². The maximum absolute atomic E-state index is 11.7. The largest absolute Gasteiger partial charge is 0.366 e. The number of benzene rings is 1. The van der Waals surface area contributed by atoms with Gasteiger partial charge >= 0.3 is 0 Å². The number of anilines is 1. The van der Waals surface area contributed by atoms with E-state index in [9.17, 15) is 10.1 Å². The lowest BCUT2D eigenvalue weighted by atomic mass is 10.1. The molecule has 0 saturated carbocycles. The lowest BCUT2D eigenvalue weighted by Crippen LogP contribution is -2.30. The third kappa shape index (κ3) is 2.32. The Morgan fingerprint density at radius 2 is 2.08 bits per heavy atom. The van der Waals surface area contributed by atoms with E-state index in [0.29, 0.717) is 0 Å². The first kappa shape index (κ1) is 16.0. The third-order valence-corrected chi connectivity index (χ3v) is 7.04. The number of aromatic nitrogens is 3. The van der Waals surface area contributed by atoms with Gasteiger partial charge in [-0.15, -0.1) is 10.2 Å². The molecule has 4 heterocycles. The van der Waals surface area contributed by atoms with Gasteiger partial charge in [0.15, 0.2) is 5.82 Å². The average molecular weight is 388 g/mol. The first-order chi connectivity index (χ1) is 12.6. The van der Waals surface area contributed by atoms with Crippen LogP contribution in [0, 0.1) is 17.0 Å². The molecular weight excluding hydrogens is 372 g/mol. The van der Waals surface area contributed by atoms with Gasteiger partial charge < -0.3 is 4.90 Å². The predicted molar refractivity (Wildman–Crippen MR) is 102 cm³/mol. The molecule has 1 aromatic carbocycles. The second-order valence-electron chi connectivity index (χ2n) is 6.43. The number of rotatable bonds is 3. The van der Waals surface area contributed by atoms with Crippen LogP contribution in [0.2, 0.25) is 0 Å². The fourth-order valence-electron chi connectivity index (χ4n) is 3.65. The number of nitro groups is 1. The topological polar surface area (TPSA) is 80.3 Å². The number of thioether (sulfide) groups is 2. The summed E-state index contributed by atoms with van der Waals surface area (Å²) < 4.78 is 1.99. The van der Waals surface area contributed by atoms with Crippen LogP contribution in [0.4, 0.5) is 11.4 Å². The number of nitro benzene ring substituents is 1. The zero-order valence-corrected chi connectivity index (χ0v) is 15.7. The molecule has 1 saturated heterocycles. The van der Waals surface area contributed by atoms with Gasteiger partial charge in [-0.2, -0.15) is 0 Å². The van der Waals surface area contributed by atoms with Crippen molar-refractivity contribution in [1.82, 2.24) is 14.9 Å². The van der Waals surface area contributed by atoms with E-state index in [4.69, 9.17) is 0 Å². The molecule has 0 bridgehead atoms. The summed E-state index contributed by atoms with van der Waals surface area (Å²) in [6.07, 6.45) is 2.18. The number of nitrogens with zero attached hydrogens (tertiary/aromatic N) is 6. The molecule has 2 aromatic rings. The summed E-state index contributed by atoms with van der Waals surface area (Å²) in [5.74, 6) is 0.812. The van der Waals surface area contributed by atoms with Crippen LogP contribution < -0.4 is 9.91 Å². The highest BCUT2D eigenvalue weighted by molar-refractivity contribution is 8.07. The number of fused-ring (bicyclic) bond motifs is 3. The standard InChI is InChI=1S/C16H16N6O2S2/c1-10-17-18-16-20(10)21-14(26-16)9-25-15(21)11-4-5-12(13(8-11)22(23)24)19-6-2-3-7-19/h4-5,8-9,15H,2-3,6-7H2,1H3. The Morgan fingerprint density at radius 3 is 2.85 bits per heavy atom. The van der Waals surface area contributed by atoms with Gasteiger partial charge in [0, 0.05) is 24.6 Å². The molecule has 0 aliphatic carbocycles. The molecule has 0 radical (unpaired) electrons. The van der Waals surface area contributed by atoms with E-state index in [1.807, 2.05) is 23.7 Å². The average Bonchev–Trinajstić information content (AvgIpc) is 3.37. The summed E-state index contributed by atoms with van der Waals surface area (Å²) in [6.45, 7) is 3.69. The minimum atomic E-state index is -0.265. The van der Waals surface area contributed by atoms with Crippen LogP contribution in [0.25, 0.3) is 0 Å². The third-order valence-electron chi connectivity index (χ3n) is 4.85. The first-order valence-electron chi connectivity index (χ1n) is 8.42.